The van der Waals surface area contributed by atoms with Gasteiger partial charge in [-0.2, -0.15) is 0 Å². The Hall–Kier alpha value is -2.22. The molecule has 0 radical (unpaired) electrons. The molecule has 3 heterocycles. The fourth-order valence-electron chi connectivity index (χ4n) is 1.97. The third-order valence-corrected chi connectivity index (χ3v) is 3.81. The fraction of sp³-hybridized carbons (Fsp3) is 0.308. The van der Waals surface area contributed by atoms with E-state index in [1.54, 1.807) is 18.5 Å². The lowest BCUT2D eigenvalue weighted by atomic mass is 10.3. The van der Waals surface area contributed by atoms with Gasteiger partial charge in [0.2, 0.25) is 17.7 Å². The van der Waals surface area contributed by atoms with Crippen molar-refractivity contribution in [2.75, 3.05) is 12.3 Å². The van der Waals surface area contributed by atoms with Crippen LogP contribution >= 0.6 is 11.8 Å². The minimum absolute atomic E-state index is 0.109. The molecule has 2 aromatic heterocycles. The zero-order valence-corrected chi connectivity index (χ0v) is 11.9. The number of hydrogen-bond acceptors (Lipinski definition) is 7. The summed E-state index contributed by atoms with van der Waals surface area (Å²) in [7, 11) is 0. The number of hydrogen-bond donors (Lipinski definition) is 0. The van der Waals surface area contributed by atoms with Crippen molar-refractivity contribution in [3.8, 4) is 11.5 Å². The van der Waals surface area contributed by atoms with Crippen molar-refractivity contribution >= 4 is 23.6 Å². The normalized spacial score (nSPS) is 15.0. The standard InChI is InChI=1S/C13H12N4O3S/c18-10-3-4-11(19)17(10)6-7-21-13-16-15-12(20-13)9-2-1-5-14-8-9/h1-2,5,8H,3-4,6-7H2. The number of thioether (sulfide) groups is 1. The van der Waals surface area contributed by atoms with E-state index < -0.39 is 0 Å². The van der Waals surface area contributed by atoms with E-state index in [4.69, 9.17) is 4.42 Å². The number of imide groups is 1. The van der Waals surface area contributed by atoms with Crippen LogP contribution in [0.4, 0.5) is 0 Å². The minimum atomic E-state index is -0.109. The van der Waals surface area contributed by atoms with E-state index in [2.05, 4.69) is 15.2 Å². The number of pyridine rings is 1. The molecule has 1 aliphatic rings. The first kappa shape index (κ1) is 13.7. The Morgan fingerprint density at radius 2 is 2.05 bits per heavy atom. The Morgan fingerprint density at radius 1 is 1.24 bits per heavy atom. The molecular formula is C13H12N4O3S. The van der Waals surface area contributed by atoms with Crippen LogP contribution in [0.5, 0.6) is 0 Å². The number of likely N-dealkylation sites (tertiary alicyclic amines) is 1. The summed E-state index contributed by atoms with van der Waals surface area (Å²) in [4.78, 5) is 28.2. The molecule has 3 rings (SSSR count). The van der Waals surface area contributed by atoms with Crippen molar-refractivity contribution < 1.29 is 14.0 Å². The first-order valence-electron chi connectivity index (χ1n) is 6.44. The second-order valence-electron chi connectivity index (χ2n) is 4.40. The Bertz CT molecular complexity index is 642. The molecule has 0 bridgehead atoms. The average Bonchev–Trinajstić information content (AvgIpc) is 3.10. The average molecular weight is 304 g/mol. The van der Waals surface area contributed by atoms with Crippen LogP contribution in [0.15, 0.2) is 34.2 Å². The molecule has 1 fully saturated rings. The molecule has 2 aromatic rings. The first-order chi connectivity index (χ1) is 10.2. The smallest absolute Gasteiger partial charge is 0.276 e. The van der Waals surface area contributed by atoms with Crippen LogP contribution in [-0.4, -0.2) is 44.2 Å². The van der Waals surface area contributed by atoms with Crippen LogP contribution in [0.1, 0.15) is 12.8 Å². The second kappa shape index (κ2) is 6.04. The van der Waals surface area contributed by atoms with Gasteiger partial charge in [0.1, 0.15) is 0 Å². The lowest BCUT2D eigenvalue weighted by Gasteiger charge is -2.11. The quantitative estimate of drug-likeness (QED) is 0.608. The van der Waals surface area contributed by atoms with Gasteiger partial charge in [0.15, 0.2) is 0 Å². The van der Waals surface area contributed by atoms with Gasteiger partial charge in [-0.3, -0.25) is 19.5 Å². The topological polar surface area (TPSA) is 89.2 Å². The minimum Gasteiger partial charge on any atom is -0.411 e. The van der Waals surface area contributed by atoms with E-state index in [9.17, 15) is 9.59 Å². The van der Waals surface area contributed by atoms with E-state index in [1.165, 1.54) is 16.7 Å². The van der Waals surface area contributed by atoms with Gasteiger partial charge >= 0.3 is 0 Å². The third-order valence-electron chi connectivity index (χ3n) is 3.01. The SMILES string of the molecule is O=C1CCC(=O)N1CCSc1nnc(-c2cccnc2)o1. The molecular weight excluding hydrogens is 292 g/mol. The Morgan fingerprint density at radius 3 is 2.76 bits per heavy atom. The van der Waals surface area contributed by atoms with Crippen molar-refractivity contribution in [2.24, 2.45) is 0 Å². The fourth-order valence-corrected chi connectivity index (χ4v) is 2.66. The van der Waals surface area contributed by atoms with Crippen molar-refractivity contribution in [3.05, 3.63) is 24.5 Å². The van der Waals surface area contributed by atoms with Crippen LogP contribution in [0.25, 0.3) is 11.5 Å². The van der Waals surface area contributed by atoms with Gasteiger partial charge in [0, 0.05) is 37.5 Å². The molecule has 1 saturated heterocycles. The predicted molar refractivity (Wildman–Crippen MR) is 74.2 cm³/mol. The number of amides is 2. The summed E-state index contributed by atoms with van der Waals surface area (Å²) in [6, 6.07) is 3.62. The molecule has 0 N–H and O–H groups in total. The molecule has 1 aliphatic heterocycles. The number of aromatic nitrogens is 3. The molecule has 0 unspecified atom stereocenters. The third kappa shape index (κ3) is 3.10. The molecule has 0 saturated carbocycles. The van der Waals surface area contributed by atoms with Crippen molar-refractivity contribution in [1.29, 1.82) is 0 Å². The van der Waals surface area contributed by atoms with Crippen LogP contribution in [0.2, 0.25) is 0 Å². The van der Waals surface area contributed by atoms with Crippen LogP contribution in [-0.2, 0) is 9.59 Å². The highest BCUT2D eigenvalue weighted by atomic mass is 32.2. The number of carbonyl (C=O) groups is 2. The number of rotatable bonds is 5. The lowest BCUT2D eigenvalue weighted by Crippen LogP contribution is -2.31. The summed E-state index contributed by atoms with van der Waals surface area (Å²) < 4.78 is 5.50. The van der Waals surface area contributed by atoms with Gasteiger partial charge in [-0.25, -0.2) is 0 Å². The van der Waals surface area contributed by atoms with Gasteiger partial charge in [-0.05, 0) is 12.1 Å². The van der Waals surface area contributed by atoms with Gasteiger partial charge in [0.25, 0.3) is 5.22 Å². The molecule has 108 valence electrons. The Kier molecular flexibility index (Phi) is 3.96. The van der Waals surface area contributed by atoms with Gasteiger partial charge in [-0.15, -0.1) is 10.2 Å². The molecule has 7 nitrogen and oxygen atoms in total. The van der Waals surface area contributed by atoms with E-state index >= 15 is 0 Å². The van der Waals surface area contributed by atoms with Crippen LogP contribution in [0, 0.1) is 0 Å². The monoisotopic (exact) mass is 304 g/mol. The number of carbonyl (C=O) groups excluding carboxylic acids is 2. The predicted octanol–water partition coefficient (Wildman–Crippen LogP) is 1.37. The molecule has 0 aromatic carbocycles. The highest BCUT2D eigenvalue weighted by Gasteiger charge is 2.28. The van der Waals surface area contributed by atoms with Crippen LogP contribution in [0.3, 0.4) is 0 Å². The molecule has 8 heteroatoms. The highest BCUT2D eigenvalue weighted by molar-refractivity contribution is 7.99. The zero-order chi connectivity index (χ0) is 14.7. The van der Waals surface area contributed by atoms with Crippen molar-refractivity contribution in [1.82, 2.24) is 20.1 Å². The highest BCUT2D eigenvalue weighted by Crippen LogP contribution is 2.23. The van der Waals surface area contributed by atoms with Gasteiger partial charge < -0.3 is 4.42 Å². The van der Waals surface area contributed by atoms with E-state index in [0.717, 1.165) is 5.56 Å². The summed E-state index contributed by atoms with van der Waals surface area (Å²) in [6.45, 7) is 0.368. The van der Waals surface area contributed by atoms with E-state index in [1.807, 2.05) is 6.07 Å². The molecule has 0 atom stereocenters. The van der Waals surface area contributed by atoms with Crippen molar-refractivity contribution in [2.45, 2.75) is 18.1 Å². The zero-order valence-electron chi connectivity index (χ0n) is 11.1. The Labute approximate surface area is 124 Å². The maximum atomic E-state index is 11.5. The first-order valence-corrected chi connectivity index (χ1v) is 7.42. The summed E-state index contributed by atoms with van der Waals surface area (Å²) in [6.07, 6.45) is 3.94. The van der Waals surface area contributed by atoms with E-state index in [-0.39, 0.29) is 11.8 Å². The Balaban J connectivity index is 1.56. The molecule has 0 aliphatic carbocycles. The summed E-state index contributed by atoms with van der Waals surface area (Å²) >= 11 is 1.32. The van der Waals surface area contributed by atoms with Gasteiger partial charge in [0.05, 0.1) is 5.56 Å². The molecule has 2 amide bonds. The molecule has 21 heavy (non-hydrogen) atoms. The van der Waals surface area contributed by atoms with Crippen molar-refractivity contribution in [3.63, 3.8) is 0 Å². The summed E-state index contributed by atoms with van der Waals surface area (Å²) in [5.41, 5.74) is 0.752. The summed E-state index contributed by atoms with van der Waals surface area (Å²) in [5.74, 6) is 0.717. The largest absolute Gasteiger partial charge is 0.411 e. The summed E-state index contributed by atoms with van der Waals surface area (Å²) in [5, 5.41) is 8.28. The molecule has 0 spiro atoms. The van der Waals surface area contributed by atoms with Gasteiger partial charge in [-0.1, -0.05) is 11.8 Å². The maximum Gasteiger partial charge on any atom is 0.276 e. The van der Waals surface area contributed by atoms with Crippen LogP contribution < -0.4 is 0 Å². The van der Waals surface area contributed by atoms with E-state index in [0.29, 0.717) is 36.3 Å². The number of nitrogens with zero attached hydrogens (tertiary/aromatic N) is 4. The lowest BCUT2D eigenvalue weighted by molar-refractivity contribution is -0.137. The second-order valence-corrected chi connectivity index (χ2v) is 5.45. The maximum absolute atomic E-state index is 11.5.